The number of hydrogen-bond donors (Lipinski definition) is 2. The van der Waals surface area contributed by atoms with Gasteiger partial charge in [-0.25, -0.2) is 13.1 Å². The Kier molecular flexibility index (Phi) is 6.41. The van der Waals surface area contributed by atoms with E-state index >= 15 is 0 Å². The summed E-state index contributed by atoms with van der Waals surface area (Å²) in [7, 11) is -3.23. The topological polar surface area (TPSA) is 95.6 Å². The Morgan fingerprint density at radius 1 is 1.22 bits per heavy atom. The molecule has 0 aromatic heterocycles. The van der Waals surface area contributed by atoms with E-state index < -0.39 is 10.0 Å². The molecular formula is C15H27N3O4S. The Labute approximate surface area is 138 Å². The van der Waals surface area contributed by atoms with Gasteiger partial charge in [0, 0.05) is 32.1 Å². The van der Waals surface area contributed by atoms with E-state index in [-0.39, 0.29) is 43.0 Å². The van der Waals surface area contributed by atoms with Crippen LogP contribution < -0.4 is 10.0 Å². The van der Waals surface area contributed by atoms with Gasteiger partial charge in [0.1, 0.15) is 0 Å². The second kappa shape index (κ2) is 8.10. The minimum absolute atomic E-state index is 0.0222. The molecule has 0 aromatic rings. The van der Waals surface area contributed by atoms with Gasteiger partial charge < -0.3 is 10.2 Å². The Balaban J connectivity index is 1.74. The van der Waals surface area contributed by atoms with Crippen LogP contribution in [0.2, 0.25) is 0 Å². The first-order chi connectivity index (χ1) is 10.9. The summed E-state index contributed by atoms with van der Waals surface area (Å²) >= 11 is 0. The van der Waals surface area contributed by atoms with E-state index in [0.717, 1.165) is 25.7 Å². The predicted octanol–water partition coefficient (Wildman–Crippen LogP) is 0.223. The van der Waals surface area contributed by atoms with Crippen LogP contribution in [0.4, 0.5) is 0 Å². The molecule has 132 valence electrons. The summed E-state index contributed by atoms with van der Waals surface area (Å²) in [6.07, 6.45) is 5.89. The van der Waals surface area contributed by atoms with Gasteiger partial charge in [-0.05, 0) is 19.8 Å². The third kappa shape index (κ3) is 5.17. The largest absolute Gasteiger partial charge is 0.354 e. The molecule has 2 N–H and O–H groups in total. The number of likely N-dealkylation sites (tertiary alicyclic amines) is 1. The molecule has 1 aliphatic heterocycles. The van der Waals surface area contributed by atoms with Crippen LogP contribution in [0.15, 0.2) is 0 Å². The lowest BCUT2D eigenvalue weighted by molar-refractivity contribution is -0.130. The molecule has 8 heteroatoms. The Hall–Kier alpha value is -1.15. The Bertz CT molecular complexity index is 529. The number of hydrogen-bond acceptors (Lipinski definition) is 4. The average molecular weight is 345 g/mol. The van der Waals surface area contributed by atoms with Crippen molar-refractivity contribution in [1.29, 1.82) is 0 Å². The summed E-state index contributed by atoms with van der Waals surface area (Å²) in [5.74, 6) is -0.377. The second-order valence-corrected chi connectivity index (χ2v) is 8.42. The molecule has 0 radical (unpaired) electrons. The first-order valence-electron chi connectivity index (χ1n) is 8.47. The number of nitrogens with zero attached hydrogens (tertiary/aromatic N) is 1. The molecule has 23 heavy (non-hydrogen) atoms. The molecule has 1 saturated heterocycles. The number of rotatable bonds is 7. The highest BCUT2D eigenvalue weighted by Crippen LogP contribution is 2.28. The van der Waals surface area contributed by atoms with Gasteiger partial charge in [0.2, 0.25) is 21.8 Å². The van der Waals surface area contributed by atoms with E-state index in [1.165, 1.54) is 6.42 Å². The quantitative estimate of drug-likeness (QED) is 0.645. The van der Waals surface area contributed by atoms with E-state index in [1.54, 1.807) is 6.92 Å². The molecule has 2 aliphatic rings. The van der Waals surface area contributed by atoms with Gasteiger partial charge in [0.25, 0.3) is 0 Å². The van der Waals surface area contributed by atoms with E-state index in [4.69, 9.17) is 0 Å². The maximum Gasteiger partial charge on any atom is 0.225 e. The van der Waals surface area contributed by atoms with Crippen LogP contribution in [0.1, 0.15) is 45.4 Å². The summed E-state index contributed by atoms with van der Waals surface area (Å²) in [6.45, 7) is 2.47. The minimum Gasteiger partial charge on any atom is -0.354 e. The normalized spacial score (nSPS) is 23.3. The van der Waals surface area contributed by atoms with E-state index in [0.29, 0.717) is 12.6 Å². The van der Waals surface area contributed by atoms with Crippen molar-refractivity contribution in [2.45, 2.75) is 51.5 Å². The van der Waals surface area contributed by atoms with Gasteiger partial charge in [-0.15, -0.1) is 0 Å². The van der Waals surface area contributed by atoms with Gasteiger partial charge in [-0.1, -0.05) is 19.3 Å². The van der Waals surface area contributed by atoms with Crippen LogP contribution in [0.3, 0.4) is 0 Å². The standard InChI is InChI=1S/C15H27N3O4S/c1-2-23(21,22)17-9-8-16-15(20)12-10-14(19)18(11-12)13-6-4-3-5-7-13/h12-13,17H,2-11H2,1H3,(H,16,20). The average Bonchev–Trinajstić information content (AvgIpc) is 2.94. The lowest BCUT2D eigenvalue weighted by Crippen LogP contribution is -2.40. The SMILES string of the molecule is CCS(=O)(=O)NCCNC(=O)C1CC(=O)N(C2CCCCC2)C1. The molecule has 7 nitrogen and oxygen atoms in total. The molecule has 0 bridgehead atoms. The molecule has 2 amide bonds. The lowest BCUT2D eigenvalue weighted by atomic mass is 9.94. The highest BCUT2D eigenvalue weighted by Gasteiger charge is 2.37. The summed E-state index contributed by atoms with van der Waals surface area (Å²) in [5, 5.41) is 2.72. The third-order valence-corrected chi connectivity index (χ3v) is 6.07. The fourth-order valence-electron chi connectivity index (χ4n) is 3.29. The van der Waals surface area contributed by atoms with Crippen molar-refractivity contribution < 1.29 is 18.0 Å². The molecular weight excluding hydrogens is 318 g/mol. The Morgan fingerprint density at radius 3 is 2.57 bits per heavy atom. The molecule has 2 fully saturated rings. The zero-order chi connectivity index (χ0) is 16.9. The van der Waals surface area contributed by atoms with Crippen LogP contribution in [0.5, 0.6) is 0 Å². The van der Waals surface area contributed by atoms with Crippen molar-refractivity contribution in [3.63, 3.8) is 0 Å². The van der Waals surface area contributed by atoms with Gasteiger partial charge in [0.15, 0.2) is 0 Å². The number of carbonyl (C=O) groups is 2. The summed E-state index contributed by atoms with van der Waals surface area (Å²) in [6, 6.07) is 0.297. The zero-order valence-corrected chi connectivity index (χ0v) is 14.5. The van der Waals surface area contributed by atoms with Gasteiger partial charge in [-0.2, -0.15) is 0 Å². The first-order valence-corrected chi connectivity index (χ1v) is 10.1. The zero-order valence-electron chi connectivity index (χ0n) is 13.7. The van der Waals surface area contributed by atoms with Crippen molar-refractivity contribution in [1.82, 2.24) is 14.9 Å². The van der Waals surface area contributed by atoms with Crippen LogP contribution in [-0.4, -0.2) is 56.6 Å². The molecule has 1 heterocycles. The second-order valence-electron chi connectivity index (χ2n) is 6.33. The first kappa shape index (κ1) is 18.2. The molecule has 1 aliphatic carbocycles. The minimum atomic E-state index is -3.23. The van der Waals surface area contributed by atoms with E-state index in [1.807, 2.05) is 4.90 Å². The molecule has 2 rings (SSSR count). The van der Waals surface area contributed by atoms with Crippen molar-refractivity contribution in [2.24, 2.45) is 5.92 Å². The number of carbonyl (C=O) groups excluding carboxylic acids is 2. The fraction of sp³-hybridized carbons (Fsp3) is 0.867. The summed E-state index contributed by atoms with van der Waals surface area (Å²) in [4.78, 5) is 26.2. The Morgan fingerprint density at radius 2 is 1.91 bits per heavy atom. The number of amides is 2. The van der Waals surface area contributed by atoms with Gasteiger partial charge in [-0.3, -0.25) is 9.59 Å². The lowest BCUT2D eigenvalue weighted by Gasteiger charge is -2.31. The summed E-state index contributed by atoms with van der Waals surface area (Å²) in [5.41, 5.74) is 0. The van der Waals surface area contributed by atoms with Crippen LogP contribution in [-0.2, 0) is 19.6 Å². The highest BCUT2D eigenvalue weighted by molar-refractivity contribution is 7.89. The summed E-state index contributed by atoms with van der Waals surface area (Å²) < 4.78 is 25.0. The van der Waals surface area contributed by atoms with Crippen LogP contribution >= 0.6 is 0 Å². The predicted molar refractivity (Wildman–Crippen MR) is 87.2 cm³/mol. The molecule has 1 saturated carbocycles. The van der Waals surface area contributed by atoms with Crippen molar-refractivity contribution in [3.05, 3.63) is 0 Å². The maximum absolute atomic E-state index is 12.1. The van der Waals surface area contributed by atoms with Crippen molar-refractivity contribution in [2.75, 3.05) is 25.4 Å². The van der Waals surface area contributed by atoms with E-state index in [2.05, 4.69) is 10.0 Å². The van der Waals surface area contributed by atoms with Gasteiger partial charge >= 0.3 is 0 Å². The molecule has 1 unspecified atom stereocenters. The molecule has 0 aromatic carbocycles. The van der Waals surface area contributed by atoms with Crippen molar-refractivity contribution >= 4 is 21.8 Å². The monoisotopic (exact) mass is 345 g/mol. The smallest absolute Gasteiger partial charge is 0.225 e. The van der Waals surface area contributed by atoms with Crippen LogP contribution in [0, 0.1) is 5.92 Å². The van der Waals surface area contributed by atoms with Crippen molar-refractivity contribution in [3.8, 4) is 0 Å². The number of sulfonamides is 1. The highest BCUT2D eigenvalue weighted by atomic mass is 32.2. The van der Waals surface area contributed by atoms with Gasteiger partial charge in [0.05, 0.1) is 11.7 Å². The van der Waals surface area contributed by atoms with Crippen LogP contribution in [0.25, 0.3) is 0 Å². The molecule has 0 spiro atoms. The maximum atomic E-state index is 12.1. The van der Waals surface area contributed by atoms with E-state index in [9.17, 15) is 18.0 Å². The number of nitrogens with one attached hydrogen (secondary N) is 2. The third-order valence-electron chi connectivity index (χ3n) is 4.67. The fourth-order valence-corrected chi connectivity index (χ4v) is 3.91. The molecule has 1 atom stereocenters.